The molecular formula is C19H13ClN2O2S. The van der Waals surface area contributed by atoms with Crippen LogP contribution in [0.3, 0.4) is 0 Å². The minimum atomic E-state index is -0.111. The van der Waals surface area contributed by atoms with Crippen molar-refractivity contribution in [2.24, 2.45) is 0 Å². The number of rotatable bonds is 4. The number of halogens is 1. The second kappa shape index (κ2) is 6.70. The molecule has 0 spiro atoms. The number of ether oxygens (including phenoxy) is 1. The van der Waals surface area contributed by atoms with Crippen LogP contribution in [-0.4, -0.2) is 9.38 Å². The summed E-state index contributed by atoms with van der Waals surface area (Å²) in [6.07, 6.45) is 0. The fourth-order valence-corrected chi connectivity index (χ4v) is 3.58. The van der Waals surface area contributed by atoms with E-state index in [2.05, 4.69) is 4.98 Å². The monoisotopic (exact) mass is 368 g/mol. The van der Waals surface area contributed by atoms with E-state index < -0.39 is 0 Å². The summed E-state index contributed by atoms with van der Waals surface area (Å²) in [5, 5.41) is 2.60. The van der Waals surface area contributed by atoms with Gasteiger partial charge in [-0.2, -0.15) is 0 Å². The van der Waals surface area contributed by atoms with Crippen molar-refractivity contribution in [1.82, 2.24) is 9.38 Å². The van der Waals surface area contributed by atoms with Gasteiger partial charge in [-0.15, -0.1) is 11.3 Å². The summed E-state index contributed by atoms with van der Waals surface area (Å²) in [7, 11) is 0. The molecule has 0 aliphatic rings. The van der Waals surface area contributed by atoms with Gasteiger partial charge in [0.25, 0.3) is 5.56 Å². The SMILES string of the molecule is O=c1cc(COc2ccc(Cl)cc2)nc2scc(-c3ccccc3)n12. The molecule has 4 nitrogen and oxygen atoms in total. The van der Waals surface area contributed by atoms with E-state index in [4.69, 9.17) is 16.3 Å². The van der Waals surface area contributed by atoms with E-state index in [0.29, 0.717) is 21.4 Å². The van der Waals surface area contributed by atoms with Gasteiger partial charge in [-0.1, -0.05) is 41.9 Å². The van der Waals surface area contributed by atoms with Gasteiger partial charge in [0.1, 0.15) is 12.4 Å². The Morgan fingerprint density at radius 1 is 1.08 bits per heavy atom. The molecule has 0 radical (unpaired) electrons. The van der Waals surface area contributed by atoms with Gasteiger partial charge < -0.3 is 4.74 Å². The average Bonchev–Trinajstić information content (AvgIpc) is 3.07. The molecule has 0 atom stereocenters. The largest absolute Gasteiger partial charge is 0.487 e. The van der Waals surface area contributed by atoms with E-state index in [9.17, 15) is 4.79 Å². The molecule has 0 aliphatic heterocycles. The smallest absolute Gasteiger partial charge is 0.259 e. The van der Waals surface area contributed by atoms with E-state index in [1.54, 1.807) is 28.7 Å². The Kier molecular flexibility index (Phi) is 4.26. The van der Waals surface area contributed by atoms with Gasteiger partial charge in [0.05, 0.1) is 11.4 Å². The van der Waals surface area contributed by atoms with Crippen LogP contribution in [0.25, 0.3) is 16.2 Å². The summed E-state index contributed by atoms with van der Waals surface area (Å²) in [4.78, 5) is 17.8. The Hall–Kier alpha value is -2.63. The second-order valence-electron chi connectivity index (χ2n) is 5.43. The van der Waals surface area contributed by atoms with Crippen molar-refractivity contribution >= 4 is 27.9 Å². The lowest BCUT2D eigenvalue weighted by Gasteiger charge is -2.06. The highest BCUT2D eigenvalue weighted by molar-refractivity contribution is 7.15. The molecule has 0 N–H and O–H groups in total. The van der Waals surface area contributed by atoms with Crippen molar-refractivity contribution in [1.29, 1.82) is 0 Å². The van der Waals surface area contributed by atoms with Crippen LogP contribution in [0.2, 0.25) is 5.02 Å². The summed E-state index contributed by atoms with van der Waals surface area (Å²) < 4.78 is 7.31. The molecule has 2 aromatic heterocycles. The summed E-state index contributed by atoms with van der Waals surface area (Å²) in [5.41, 5.74) is 2.33. The molecule has 4 rings (SSSR count). The van der Waals surface area contributed by atoms with Crippen LogP contribution in [0.5, 0.6) is 5.75 Å². The van der Waals surface area contributed by atoms with Crippen LogP contribution in [0, 0.1) is 0 Å². The highest BCUT2D eigenvalue weighted by Crippen LogP contribution is 2.24. The average molecular weight is 369 g/mol. The topological polar surface area (TPSA) is 43.6 Å². The molecule has 2 heterocycles. The Morgan fingerprint density at radius 2 is 1.84 bits per heavy atom. The van der Waals surface area contributed by atoms with E-state index in [1.807, 2.05) is 35.7 Å². The third-order valence-electron chi connectivity index (χ3n) is 3.73. The maximum Gasteiger partial charge on any atom is 0.259 e. The Balaban J connectivity index is 1.64. The molecule has 6 heteroatoms. The molecule has 25 heavy (non-hydrogen) atoms. The Bertz CT molecular complexity index is 1070. The number of fused-ring (bicyclic) bond motifs is 1. The molecule has 0 unspecified atom stereocenters. The van der Waals surface area contributed by atoms with Crippen molar-refractivity contribution in [3.63, 3.8) is 0 Å². The zero-order valence-electron chi connectivity index (χ0n) is 13.1. The van der Waals surface area contributed by atoms with Gasteiger partial charge in [-0.3, -0.25) is 9.20 Å². The Morgan fingerprint density at radius 3 is 2.60 bits per heavy atom. The van der Waals surface area contributed by atoms with E-state index in [-0.39, 0.29) is 12.2 Å². The molecule has 124 valence electrons. The number of hydrogen-bond acceptors (Lipinski definition) is 4. The van der Waals surface area contributed by atoms with Crippen molar-refractivity contribution in [3.05, 3.63) is 87.1 Å². The van der Waals surface area contributed by atoms with Crippen molar-refractivity contribution in [3.8, 4) is 17.0 Å². The predicted octanol–water partition coefficient (Wildman–Crippen LogP) is 4.66. The third kappa shape index (κ3) is 3.29. The second-order valence-corrected chi connectivity index (χ2v) is 6.71. The van der Waals surface area contributed by atoms with Crippen molar-refractivity contribution in [2.45, 2.75) is 6.61 Å². The maximum absolute atomic E-state index is 12.6. The quantitative estimate of drug-likeness (QED) is 0.526. The molecule has 0 amide bonds. The van der Waals surface area contributed by atoms with Gasteiger partial charge in [0, 0.05) is 16.5 Å². The molecule has 0 bridgehead atoms. The fraction of sp³-hybridized carbons (Fsp3) is 0.0526. The first-order valence-electron chi connectivity index (χ1n) is 7.65. The minimum absolute atomic E-state index is 0.111. The first kappa shape index (κ1) is 15.9. The Labute approximate surface area is 152 Å². The van der Waals surface area contributed by atoms with Gasteiger partial charge in [-0.25, -0.2) is 4.98 Å². The molecular weight excluding hydrogens is 356 g/mol. The molecule has 4 aromatic rings. The van der Waals surface area contributed by atoms with Crippen molar-refractivity contribution < 1.29 is 4.74 Å². The molecule has 2 aromatic carbocycles. The van der Waals surface area contributed by atoms with Crippen LogP contribution >= 0.6 is 22.9 Å². The van der Waals surface area contributed by atoms with E-state index >= 15 is 0 Å². The highest BCUT2D eigenvalue weighted by Gasteiger charge is 2.11. The molecule has 0 saturated heterocycles. The normalized spacial score (nSPS) is 10.9. The van der Waals surface area contributed by atoms with Gasteiger partial charge in [-0.05, 0) is 29.8 Å². The number of thiazole rings is 1. The standard InChI is InChI=1S/C19H13ClN2O2S/c20-14-6-8-16(9-7-14)24-11-15-10-18(23)22-17(12-25-19(22)21-15)13-4-2-1-3-5-13/h1-10,12H,11H2. The first-order valence-corrected chi connectivity index (χ1v) is 8.90. The number of benzene rings is 2. The van der Waals surface area contributed by atoms with Gasteiger partial charge in [0.2, 0.25) is 0 Å². The van der Waals surface area contributed by atoms with Crippen LogP contribution in [-0.2, 0) is 6.61 Å². The third-order valence-corrected chi connectivity index (χ3v) is 4.81. The van der Waals surface area contributed by atoms with Crippen molar-refractivity contribution in [2.75, 3.05) is 0 Å². The lowest BCUT2D eigenvalue weighted by Crippen LogP contribution is -2.15. The van der Waals surface area contributed by atoms with E-state index in [1.165, 1.54) is 17.4 Å². The highest BCUT2D eigenvalue weighted by atomic mass is 35.5. The lowest BCUT2D eigenvalue weighted by atomic mass is 10.2. The molecule has 0 aliphatic carbocycles. The van der Waals surface area contributed by atoms with Crippen LogP contribution in [0.4, 0.5) is 0 Å². The maximum atomic E-state index is 12.6. The number of nitrogens with zero attached hydrogens (tertiary/aromatic N) is 2. The summed E-state index contributed by atoms with van der Waals surface area (Å²) in [5.74, 6) is 0.683. The lowest BCUT2D eigenvalue weighted by molar-refractivity contribution is 0.301. The summed E-state index contributed by atoms with van der Waals surface area (Å²) in [6, 6.07) is 18.4. The van der Waals surface area contributed by atoms with Gasteiger partial charge >= 0.3 is 0 Å². The zero-order valence-corrected chi connectivity index (χ0v) is 14.6. The van der Waals surface area contributed by atoms with Crippen LogP contribution < -0.4 is 10.3 Å². The van der Waals surface area contributed by atoms with Crippen LogP contribution in [0.1, 0.15) is 5.69 Å². The number of aromatic nitrogens is 2. The molecule has 0 fully saturated rings. The van der Waals surface area contributed by atoms with Gasteiger partial charge in [0.15, 0.2) is 4.96 Å². The number of hydrogen-bond donors (Lipinski definition) is 0. The fourth-order valence-electron chi connectivity index (χ4n) is 2.54. The predicted molar refractivity (Wildman–Crippen MR) is 101 cm³/mol. The molecule has 0 saturated carbocycles. The summed E-state index contributed by atoms with van der Waals surface area (Å²) >= 11 is 7.30. The summed E-state index contributed by atoms with van der Waals surface area (Å²) in [6.45, 7) is 0.228. The zero-order chi connectivity index (χ0) is 17.2. The minimum Gasteiger partial charge on any atom is -0.487 e. The van der Waals surface area contributed by atoms with E-state index in [0.717, 1.165) is 11.3 Å². The van der Waals surface area contributed by atoms with Crippen LogP contribution in [0.15, 0.2) is 70.8 Å². The first-order chi connectivity index (χ1) is 12.2.